The van der Waals surface area contributed by atoms with Crippen LogP contribution in [0.3, 0.4) is 0 Å². The Kier molecular flexibility index (Phi) is 6.62. The largest absolute Gasteiger partial charge is 0.328 e. The average Bonchev–Trinajstić information content (AvgIpc) is 3.28. The number of halogens is 2. The lowest BCUT2D eigenvalue weighted by Crippen LogP contribution is -2.64. The molecule has 10 heteroatoms. The Labute approximate surface area is 205 Å². The molecule has 0 bridgehead atoms. The van der Waals surface area contributed by atoms with Gasteiger partial charge in [-0.2, -0.15) is 0 Å². The first-order valence-corrected chi connectivity index (χ1v) is 12.0. The Hall–Kier alpha value is -2.29. The van der Waals surface area contributed by atoms with Gasteiger partial charge in [-0.15, -0.1) is 0 Å². The molecule has 0 aromatic heterocycles. The third-order valence-corrected chi connectivity index (χ3v) is 7.47. The molecule has 0 spiro atoms. The highest BCUT2D eigenvalue weighted by Crippen LogP contribution is 2.38. The molecule has 178 valence electrons. The van der Waals surface area contributed by atoms with E-state index in [1.807, 2.05) is 11.8 Å². The number of carbonyl (C=O) groups excluding carboxylic acids is 2. The van der Waals surface area contributed by atoms with Crippen LogP contribution in [0.25, 0.3) is 0 Å². The minimum Gasteiger partial charge on any atom is -0.313 e. The Morgan fingerprint density at radius 3 is 2.39 bits per heavy atom. The van der Waals surface area contributed by atoms with Gasteiger partial charge in [0.15, 0.2) is 12.2 Å². The van der Waals surface area contributed by atoms with Gasteiger partial charge in [0, 0.05) is 41.6 Å². The molecule has 3 amide bonds. The van der Waals surface area contributed by atoms with Crippen molar-refractivity contribution in [2.24, 2.45) is 4.99 Å². The van der Waals surface area contributed by atoms with E-state index < -0.39 is 12.2 Å². The number of carbonyl (C=O) groups is 2. The summed E-state index contributed by atoms with van der Waals surface area (Å²) in [7, 11) is 1.70. The summed E-state index contributed by atoms with van der Waals surface area (Å²) in [4.78, 5) is 41.0. The van der Waals surface area contributed by atoms with Crippen molar-refractivity contribution in [1.29, 1.82) is 0 Å². The van der Waals surface area contributed by atoms with Crippen molar-refractivity contribution in [3.05, 3.63) is 45.2 Å². The maximum atomic E-state index is 13.7. The van der Waals surface area contributed by atoms with E-state index in [9.17, 15) is 9.59 Å². The quantitative estimate of drug-likeness (QED) is 0.580. The molecular formula is C23H30Cl2N6O2. The fourth-order valence-electron chi connectivity index (χ4n) is 4.70. The predicted octanol–water partition coefficient (Wildman–Crippen LogP) is 3.66. The van der Waals surface area contributed by atoms with E-state index in [0.29, 0.717) is 15.6 Å². The van der Waals surface area contributed by atoms with E-state index in [2.05, 4.69) is 30.6 Å². The van der Waals surface area contributed by atoms with Gasteiger partial charge in [-0.3, -0.25) is 14.6 Å². The summed E-state index contributed by atoms with van der Waals surface area (Å²) in [6.45, 7) is 12.1. The maximum absolute atomic E-state index is 13.7. The number of hydrogen-bond donors (Lipinski definition) is 0. The molecule has 1 saturated heterocycles. The highest BCUT2D eigenvalue weighted by Gasteiger charge is 2.55. The SMILES string of the molecule is CCN(CC)CCN1C2=NC3C(C(=O)N(Cc4ccc(Cl)cc4Cl)C(=O)N3C)N2C(C)=C1C. The summed E-state index contributed by atoms with van der Waals surface area (Å²) < 4.78 is 0. The first kappa shape index (κ1) is 23.9. The zero-order valence-electron chi connectivity index (χ0n) is 19.7. The molecule has 0 N–H and O–H groups in total. The predicted molar refractivity (Wildman–Crippen MR) is 130 cm³/mol. The van der Waals surface area contributed by atoms with Crippen LogP contribution in [-0.4, -0.2) is 87.8 Å². The number of allylic oxidation sites excluding steroid dienone is 2. The summed E-state index contributed by atoms with van der Waals surface area (Å²) >= 11 is 12.3. The highest BCUT2D eigenvalue weighted by atomic mass is 35.5. The van der Waals surface area contributed by atoms with Crippen molar-refractivity contribution in [2.75, 3.05) is 33.2 Å². The average molecular weight is 493 g/mol. The van der Waals surface area contributed by atoms with E-state index in [0.717, 1.165) is 43.5 Å². The summed E-state index contributed by atoms with van der Waals surface area (Å²) in [6, 6.07) is 4.09. The van der Waals surface area contributed by atoms with E-state index in [-0.39, 0.29) is 18.5 Å². The van der Waals surface area contributed by atoms with Gasteiger partial charge in [-0.1, -0.05) is 43.1 Å². The van der Waals surface area contributed by atoms with Gasteiger partial charge in [0.05, 0.1) is 6.54 Å². The monoisotopic (exact) mass is 492 g/mol. The highest BCUT2D eigenvalue weighted by molar-refractivity contribution is 6.35. The molecule has 0 saturated carbocycles. The fourth-order valence-corrected chi connectivity index (χ4v) is 5.16. The molecule has 33 heavy (non-hydrogen) atoms. The van der Waals surface area contributed by atoms with Gasteiger partial charge in [0.2, 0.25) is 5.96 Å². The van der Waals surface area contributed by atoms with Crippen molar-refractivity contribution in [3.8, 4) is 0 Å². The van der Waals surface area contributed by atoms with Crippen LogP contribution in [0.15, 0.2) is 34.6 Å². The molecule has 3 aliphatic heterocycles. The van der Waals surface area contributed by atoms with Crippen molar-refractivity contribution in [1.82, 2.24) is 24.5 Å². The Morgan fingerprint density at radius 1 is 1.06 bits per heavy atom. The summed E-state index contributed by atoms with van der Waals surface area (Å²) in [6.07, 6.45) is -0.559. The number of amides is 3. The van der Waals surface area contributed by atoms with Crippen molar-refractivity contribution in [3.63, 3.8) is 0 Å². The zero-order chi connectivity index (χ0) is 24.0. The van der Waals surface area contributed by atoms with Gasteiger partial charge < -0.3 is 14.7 Å². The standard InChI is InChI=1S/C23H30Cl2N6O2/c1-6-28(7-2)10-11-29-14(3)15(4)31-19-20(26-22(29)31)27(5)23(33)30(21(19)32)13-16-8-9-17(24)12-18(16)25/h8-9,12,19-20H,6-7,10-11,13H2,1-5H3. The molecule has 3 heterocycles. The molecule has 1 fully saturated rings. The molecule has 0 radical (unpaired) electrons. The second-order valence-electron chi connectivity index (χ2n) is 8.56. The molecule has 8 nitrogen and oxygen atoms in total. The molecule has 2 unspecified atom stereocenters. The van der Waals surface area contributed by atoms with Gasteiger partial charge in [-0.05, 0) is 44.6 Å². The van der Waals surface area contributed by atoms with Crippen LogP contribution in [0, 0.1) is 0 Å². The lowest BCUT2D eigenvalue weighted by Gasteiger charge is -2.40. The zero-order valence-corrected chi connectivity index (χ0v) is 21.2. The van der Waals surface area contributed by atoms with Crippen LogP contribution < -0.4 is 0 Å². The second kappa shape index (κ2) is 9.16. The van der Waals surface area contributed by atoms with E-state index in [1.165, 1.54) is 4.90 Å². The lowest BCUT2D eigenvalue weighted by molar-refractivity contribution is -0.137. The summed E-state index contributed by atoms with van der Waals surface area (Å²) in [5.74, 6) is 0.470. The number of nitrogens with zero attached hydrogens (tertiary/aromatic N) is 6. The number of imide groups is 1. The molecule has 1 aromatic carbocycles. The van der Waals surface area contributed by atoms with Crippen LogP contribution in [0.2, 0.25) is 10.0 Å². The van der Waals surface area contributed by atoms with Crippen molar-refractivity contribution >= 4 is 41.1 Å². The minimum atomic E-state index is -0.595. The first-order valence-electron chi connectivity index (χ1n) is 11.3. The number of likely N-dealkylation sites (N-methyl/N-ethyl adjacent to an activating group) is 2. The lowest BCUT2D eigenvalue weighted by atomic mass is 10.1. The normalized spacial score (nSPS) is 22.6. The van der Waals surface area contributed by atoms with Crippen molar-refractivity contribution < 1.29 is 9.59 Å². The Balaban J connectivity index is 1.61. The maximum Gasteiger partial charge on any atom is 0.328 e. The van der Waals surface area contributed by atoms with E-state index in [4.69, 9.17) is 28.2 Å². The molecular weight excluding hydrogens is 463 g/mol. The number of hydrogen-bond acceptors (Lipinski definition) is 6. The van der Waals surface area contributed by atoms with Crippen LogP contribution in [0.4, 0.5) is 4.79 Å². The Morgan fingerprint density at radius 2 is 1.76 bits per heavy atom. The fraction of sp³-hybridized carbons (Fsp3) is 0.522. The van der Waals surface area contributed by atoms with E-state index in [1.54, 1.807) is 30.1 Å². The molecule has 3 aliphatic rings. The molecule has 4 rings (SSSR count). The number of benzene rings is 1. The summed E-state index contributed by atoms with van der Waals surface area (Å²) in [5.41, 5.74) is 2.74. The van der Waals surface area contributed by atoms with Crippen LogP contribution in [-0.2, 0) is 11.3 Å². The molecule has 1 aromatic rings. The third-order valence-electron chi connectivity index (χ3n) is 6.88. The smallest absolute Gasteiger partial charge is 0.313 e. The van der Waals surface area contributed by atoms with Gasteiger partial charge in [-0.25, -0.2) is 9.79 Å². The topological polar surface area (TPSA) is 62.7 Å². The molecule has 0 aliphatic carbocycles. The molecule has 2 atom stereocenters. The van der Waals surface area contributed by atoms with Gasteiger partial charge >= 0.3 is 6.03 Å². The second-order valence-corrected chi connectivity index (χ2v) is 9.40. The number of aliphatic imine (C=N–C) groups is 1. The minimum absolute atomic E-state index is 0.0812. The van der Waals surface area contributed by atoms with Crippen LogP contribution in [0.5, 0.6) is 0 Å². The van der Waals surface area contributed by atoms with Crippen LogP contribution >= 0.6 is 23.2 Å². The summed E-state index contributed by atoms with van der Waals surface area (Å²) in [5, 5.41) is 0.927. The van der Waals surface area contributed by atoms with Crippen LogP contribution in [0.1, 0.15) is 33.3 Å². The Bertz CT molecular complexity index is 1040. The van der Waals surface area contributed by atoms with Gasteiger partial charge in [0.25, 0.3) is 5.91 Å². The van der Waals surface area contributed by atoms with Crippen molar-refractivity contribution in [2.45, 2.75) is 46.4 Å². The number of urea groups is 1. The van der Waals surface area contributed by atoms with E-state index >= 15 is 0 Å². The van der Waals surface area contributed by atoms with Gasteiger partial charge in [0.1, 0.15) is 0 Å². The number of guanidine groups is 1. The third kappa shape index (κ3) is 3.98. The number of fused-ring (bicyclic) bond motifs is 3. The number of rotatable bonds is 7. The first-order chi connectivity index (χ1) is 15.7.